The molecule has 4 heterocycles. The quantitative estimate of drug-likeness (QED) is 0.605. The van der Waals surface area contributed by atoms with Crippen molar-refractivity contribution in [1.82, 2.24) is 19.7 Å². The fourth-order valence-corrected chi connectivity index (χ4v) is 6.93. The van der Waals surface area contributed by atoms with Gasteiger partial charge in [0.1, 0.15) is 0 Å². The highest BCUT2D eigenvalue weighted by atomic mass is 32.2. The zero-order valence-electron chi connectivity index (χ0n) is 19.5. The normalized spacial score (nSPS) is 29.8. The zero-order chi connectivity index (χ0) is 23.8. The van der Waals surface area contributed by atoms with Gasteiger partial charge in [-0.2, -0.15) is 18.3 Å². The molecule has 1 saturated carbocycles. The van der Waals surface area contributed by atoms with Crippen molar-refractivity contribution in [3.8, 4) is 11.3 Å². The van der Waals surface area contributed by atoms with E-state index in [1.807, 2.05) is 13.8 Å². The SMILES string of the molecule is CC(C)n1ccc(-c2cncc(C(F)(F)F)c2)n1.CC1CCC(N2CCC3(C2)CS(=O)C3)C1. The number of likely N-dealkylation sites (tertiary alicyclic amines) is 1. The van der Waals surface area contributed by atoms with Gasteiger partial charge in [-0.05, 0) is 64.1 Å². The minimum absolute atomic E-state index is 0.164. The third-order valence-corrected chi connectivity index (χ3v) is 8.95. The van der Waals surface area contributed by atoms with E-state index >= 15 is 0 Å². The van der Waals surface area contributed by atoms with Crippen molar-refractivity contribution in [3.63, 3.8) is 0 Å². The van der Waals surface area contributed by atoms with Gasteiger partial charge in [0.05, 0.1) is 11.3 Å². The highest BCUT2D eigenvalue weighted by molar-refractivity contribution is 7.86. The van der Waals surface area contributed by atoms with Gasteiger partial charge < -0.3 is 0 Å². The van der Waals surface area contributed by atoms with Crippen LogP contribution in [-0.4, -0.2) is 54.5 Å². The van der Waals surface area contributed by atoms with Gasteiger partial charge >= 0.3 is 6.18 Å². The maximum absolute atomic E-state index is 12.6. The van der Waals surface area contributed by atoms with Crippen LogP contribution in [-0.2, 0) is 17.0 Å². The lowest BCUT2D eigenvalue weighted by Gasteiger charge is -2.37. The zero-order valence-corrected chi connectivity index (χ0v) is 20.3. The van der Waals surface area contributed by atoms with Gasteiger partial charge in [0.15, 0.2) is 0 Å². The minimum atomic E-state index is -4.39. The Morgan fingerprint density at radius 2 is 1.97 bits per heavy atom. The van der Waals surface area contributed by atoms with Crippen molar-refractivity contribution in [2.45, 2.75) is 64.7 Å². The van der Waals surface area contributed by atoms with Gasteiger partial charge in [-0.25, -0.2) is 0 Å². The molecule has 2 unspecified atom stereocenters. The van der Waals surface area contributed by atoms with Crippen molar-refractivity contribution in [2.75, 3.05) is 24.6 Å². The topological polar surface area (TPSA) is 51.0 Å². The Labute approximate surface area is 196 Å². The number of nitrogens with zero attached hydrogens (tertiary/aromatic N) is 4. The van der Waals surface area contributed by atoms with E-state index in [4.69, 9.17) is 0 Å². The molecule has 0 amide bonds. The lowest BCUT2D eigenvalue weighted by molar-refractivity contribution is -0.137. The van der Waals surface area contributed by atoms with Crippen LogP contribution >= 0.6 is 0 Å². The van der Waals surface area contributed by atoms with E-state index in [1.165, 1.54) is 45.0 Å². The summed E-state index contributed by atoms with van der Waals surface area (Å²) in [4.78, 5) is 6.31. The van der Waals surface area contributed by atoms with Crippen LogP contribution in [0.3, 0.4) is 0 Å². The molecule has 1 spiro atoms. The third kappa shape index (κ3) is 5.67. The predicted molar refractivity (Wildman–Crippen MR) is 124 cm³/mol. The third-order valence-electron chi connectivity index (χ3n) is 7.08. The van der Waals surface area contributed by atoms with Gasteiger partial charge in [0.2, 0.25) is 0 Å². The van der Waals surface area contributed by atoms with Crippen LogP contribution in [0.25, 0.3) is 11.3 Å². The number of halogens is 3. The Bertz CT molecular complexity index is 982. The van der Waals surface area contributed by atoms with E-state index in [2.05, 4.69) is 21.9 Å². The Morgan fingerprint density at radius 3 is 2.55 bits per heavy atom. The van der Waals surface area contributed by atoms with Gasteiger partial charge in [-0.1, -0.05) is 6.92 Å². The lowest BCUT2D eigenvalue weighted by atomic mass is 9.91. The number of hydrogen-bond donors (Lipinski definition) is 0. The second kappa shape index (κ2) is 9.49. The monoisotopic (exact) mass is 482 g/mol. The summed E-state index contributed by atoms with van der Waals surface area (Å²) in [6.07, 6.45) is 5.07. The molecule has 2 aromatic heterocycles. The first-order valence-corrected chi connectivity index (χ1v) is 13.2. The number of rotatable bonds is 3. The first-order chi connectivity index (χ1) is 15.5. The standard InChI is InChI=1S/C12H12F3N3.C12H21NOS/c1-8(2)18-4-3-11(17-18)9-5-10(7-16-6-9)12(13,14)15;1-10-2-3-11(6-10)13-5-4-12(7-13)8-15(14)9-12/h3-8H,1-2H3;10-11H,2-9H2,1H3. The number of pyridine rings is 1. The summed E-state index contributed by atoms with van der Waals surface area (Å²) in [5, 5.41) is 4.21. The highest BCUT2D eigenvalue weighted by Gasteiger charge is 2.49. The molecule has 182 valence electrons. The van der Waals surface area contributed by atoms with Gasteiger partial charge in [0, 0.05) is 70.5 Å². The van der Waals surface area contributed by atoms with Crippen LogP contribution in [0.5, 0.6) is 0 Å². The summed E-state index contributed by atoms with van der Waals surface area (Å²) in [5.74, 6) is 2.92. The minimum Gasteiger partial charge on any atom is -0.300 e. The molecular formula is C24H33F3N4OS. The molecule has 2 saturated heterocycles. The Morgan fingerprint density at radius 1 is 1.21 bits per heavy atom. The molecule has 0 N–H and O–H groups in total. The first-order valence-electron chi connectivity index (χ1n) is 11.7. The summed E-state index contributed by atoms with van der Waals surface area (Å²) in [5.41, 5.74) is 0.571. The number of aromatic nitrogens is 3. The molecule has 1 aliphatic carbocycles. The smallest absolute Gasteiger partial charge is 0.300 e. The second-order valence-electron chi connectivity index (χ2n) is 10.3. The molecule has 5 nitrogen and oxygen atoms in total. The number of alkyl halides is 3. The van der Waals surface area contributed by atoms with Crippen LogP contribution in [0.2, 0.25) is 0 Å². The highest BCUT2D eigenvalue weighted by Crippen LogP contribution is 2.42. The van der Waals surface area contributed by atoms with E-state index < -0.39 is 22.5 Å². The van der Waals surface area contributed by atoms with Crippen molar-refractivity contribution >= 4 is 10.8 Å². The summed E-state index contributed by atoms with van der Waals surface area (Å²) in [7, 11) is -0.471. The fourth-order valence-electron chi connectivity index (χ4n) is 5.18. The van der Waals surface area contributed by atoms with E-state index in [1.54, 1.807) is 16.9 Å². The first kappa shape index (κ1) is 24.4. The van der Waals surface area contributed by atoms with Crippen LogP contribution in [0, 0.1) is 11.3 Å². The summed E-state index contributed by atoms with van der Waals surface area (Å²) >= 11 is 0. The summed E-state index contributed by atoms with van der Waals surface area (Å²) in [6.45, 7) is 8.79. The van der Waals surface area contributed by atoms with Crippen molar-refractivity contribution < 1.29 is 17.4 Å². The summed E-state index contributed by atoms with van der Waals surface area (Å²) in [6, 6.07) is 3.75. The summed E-state index contributed by atoms with van der Waals surface area (Å²) < 4.78 is 50.6. The van der Waals surface area contributed by atoms with Crippen LogP contribution < -0.4 is 0 Å². The molecular weight excluding hydrogens is 449 g/mol. The molecule has 3 fully saturated rings. The van der Waals surface area contributed by atoms with Crippen molar-refractivity contribution in [2.24, 2.45) is 11.3 Å². The molecule has 33 heavy (non-hydrogen) atoms. The van der Waals surface area contributed by atoms with Gasteiger partial charge in [-0.15, -0.1) is 0 Å². The van der Waals surface area contributed by atoms with E-state index in [0.29, 0.717) is 16.7 Å². The molecule has 0 radical (unpaired) electrons. The molecule has 0 aromatic carbocycles. The van der Waals surface area contributed by atoms with Crippen LogP contribution in [0.1, 0.15) is 58.1 Å². The average molecular weight is 483 g/mol. The Hall–Kier alpha value is -1.74. The van der Waals surface area contributed by atoms with Crippen LogP contribution in [0.4, 0.5) is 13.2 Å². The van der Waals surface area contributed by atoms with Crippen molar-refractivity contribution in [1.29, 1.82) is 0 Å². The second-order valence-corrected chi connectivity index (χ2v) is 11.7. The number of hydrogen-bond acceptors (Lipinski definition) is 4. The molecule has 0 bridgehead atoms. The maximum atomic E-state index is 12.6. The molecule has 9 heteroatoms. The molecule has 2 aliphatic heterocycles. The van der Waals surface area contributed by atoms with Crippen molar-refractivity contribution in [3.05, 3.63) is 36.3 Å². The molecule has 5 rings (SSSR count). The van der Waals surface area contributed by atoms with E-state index in [9.17, 15) is 17.4 Å². The predicted octanol–water partition coefficient (Wildman–Crippen LogP) is 5.17. The van der Waals surface area contributed by atoms with Gasteiger partial charge in [0.25, 0.3) is 0 Å². The molecule has 2 aromatic rings. The van der Waals surface area contributed by atoms with E-state index in [0.717, 1.165) is 35.7 Å². The van der Waals surface area contributed by atoms with Gasteiger partial charge in [-0.3, -0.25) is 18.8 Å². The molecule has 3 aliphatic rings. The largest absolute Gasteiger partial charge is 0.417 e. The van der Waals surface area contributed by atoms with Crippen LogP contribution in [0.15, 0.2) is 30.7 Å². The Kier molecular flexibility index (Phi) is 7.01. The molecule has 2 atom stereocenters. The van der Waals surface area contributed by atoms with E-state index in [-0.39, 0.29) is 6.04 Å². The Balaban J connectivity index is 0.000000159. The maximum Gasteiger partial charge on any atom is 0.417 e. The lowest BCUT2D eigenvalue weighted by Crippen LogP contribution is -2.47. The average Bonchev–Trinajstić information content (AvgIpc) is 3.47. The fraction of sp³-hybridized carbons (Fsp3) is 0.667.